The lowest BCUT2D eigenvalue weighted by Crippen LogP contribution is -2.42. The van der Waals surface area contributed by atoms with Crippen LogP contribution in [0.5, 0.6) is 0 Å². The van der Waals surface area contributed by atoms with Crippen molar-refractivity contribution in [3.8, 4) is 0 Å². The van der Waals surface area contributed by atoms with Crippen LogP contribution in [0.4, 0.5) is 0 Å². The van der Waals surface area contributed by atoms with Gasteiger partial charge in [0.2, 0.25) is 0 Å². The van der Waals surface area contributed by atoms with Gasteiger partial charge >= 0.3 is 0 Å². The predicted molar refractivity (Wildman–Crippen MR) is 70.5 cm³/mol. The Hall–Kier alpha value is -1.14. The molecule has 2 unspecified atom stereocenters. The molecule has 0 saturated heterocycles. The van der Waals surface area contributed by atoms with Gasteiger partial charge in [0.1, 0.15) is 5.01 Å². The second-order valence-corrected chi connectivity index (χ2v) is 5.04. The summed E-state index contributed by atoms with van der Waals surface area (Å²) in [5.41, 5.74) is 5.61. The summed E-state index contributed by atoms with van der Waals surface area (Å²) in [6.07, 6.45) is 3.68. The van der Waals surface area contributed by atoms with Gasteiger partial charge in [-0.3, -0.25) is 5.32 Å². The Morgan fingerprint density at radius 1 is 1.65 bits per heavy atom. The Morgan fingerprint density at radius 3 is 2.82 bits per heavy atom. The fraction of sp³-hybridized carbons (Fsp3) is 0.636. The Balaban J connectivity index is 2.67. The van der Waals surface area contributed by atoms with Gasteiger partial charge in [-0.15, -0.1) is 11.3 Å². The molecule has 5 nitrogen and oxygen atoms in total. The number of nitrogens with one attached hydrogen (secondary N) is 1. The first-order valence-electron chi connectivity index (χ1n) is 5.80. The Bertz CT molecular complexity index is 377. The van der Waals surface area contributed by atoms with E-state index in [1.54, 1.807) is 11.3 Å². The molecule has 0 amide bonds. The maximum absolute atomic E-state index is 8.67. The highest BCUT2D eigenvalue weighted by Gasteiger charge is 2.17. The zero-order valence-corrected chi connectivity index (χ0v) is 11.3. The number of aromatic nitrogens is 1. The van der Waals surface area contributed by atoms with Gasteiger partial charge in [0.25, 0.3) is 0 Å². The molecule has 0 radical (unpaired) electrons. The van der Waals surface area contributed by atoms with Gasteiger partial charge in [0.05, 0.1) is 12.1 Å². The van der Waals surface area contributed by atoms with Crippen LogP contribution < -0.4 is 11.1 Å². The highest BCUT2D eigenvalue weighted by atomic mass is 32.1. The molecule has 0 aliphatic heterocycles. The molecule has 1 heterocycles. The third kappa shape index (κ3) is 3.67. The van der Waals surface area contributed by atoms with Crippen molar-refractivity contribution in [2.24, 2.45) is 10.9 Å². The third-order valence-electron chi connectivity index (χ3n) is 2.62. The summed E-state index contributed by atoms with van der Waals surface area (Å²) in [5, 5.41) is 16.1. The number of hydrogen-bond acceptors (Lipinski definition) is 5. The van der Waals surface area contributed by atoms with Crippen molar-refractivity contribution < 1.29 is 5.21 Å². The largest absolute Gasteiger partial charge is 0.409 e. The van der Waals surface area contributed by atoms with Crippen LogP contribution >= 0.6 is 11.3 Å². The molecule has 0 spiro atoms. The quantitative estimate of drug-likeness (QED) is 0.314. The predicted octanol–water partition coefficient (Wildman–Crippen LogP) is 1.88. The molecule has 0 bridgehead atoms. The molecule has 1 aromatic rings. The fourth-order valence-electron chi connectivity index (χ4n) is 1.54. The van der Waals surface area contributed by atoms with Gasteiger partial charge in [-0.2, -0.15) is 0 Å². The van der Waals surface area contributed by atoms with Crippen LogP contribution in [0, 0.1) is 0 Å². The van der Waals surface area contributed by atoms with E-state index in [-0.39, 0.29) is 17.9 Å². The fourth-order valence-corrected chi connectivity index (χ4v) is 2.41. The summed E-state index contributed by atoms with van der Waals surface area (Å²) in [4.78, 5) is 5.64. The Kier molecular flexibility index (Phi) is 5.37. The summed E-state index contributed by atoms with van der Waals surface area (Å²) in [6.45, 7) is 6.13. The molecule has 0 aliphatic rings. The van der Waals surface area contributed by atoms with Crippen molar-refractivity contribution >= 4 is 17.2 Å². The van der Waals surface area contributed by atoms with Gasteiger partial charge < -0.3 is 10.9 Å². The van der Waals surface area contributed by atoms with E-state index in [4.69, 9.17) is 10.9 Å². The highest BCUT2D eigenvalue weighted by Crippen LogP contribution is 2.20. The van der Waals surface area contributed by atoms with Gasteiger partial charge in [0, 0.05) is 11.1 Å². The van der Waals surface area contributed by atoms with E-state index in [1.807, 2.05) is 20.0 Å². The Morgan fingerprint density at radius 2 is 2.35 bits per heavy atom. The van der Waals surface area contributed by atoms with E-state index >= 15 is 0 Å². The normalized spacial score (nSPS) is 15.8. The lowest BCUT2D eigenvalue weighted by molar-refractivity contribution is 0.313. The van der Waals surface area contributed by atoms with E-state index in [1.165, 1.54) is 4.88 Å². The summed E-state index contributed by atoms with van der Waals surface area (Å²) >= 11 is 1.70. The zero-order valence-electron chi connectivity index (χ0n) is 10.5. The van der Waals surface area contributed by atoms with Crippen LogP contribution in [-0.2, 0) is 6.42 Å². The maximum Gasteiger partial charge on any atom is 0.156 e. The second-order valence-electron chi connectivity index (χ2n) is 3.89. The molecule has 4 N–H and O–H groups in total. The van der Waals surface area contributed by atoms with Crippen LogP contribution in [0.3, 0.4) is 0 Å². The minimum absolute atomic E-state index is 0.102. The van der Waals surface area contributed by atoms with E-state index < -0.39 is 0 Å². The first-order valence-corrected chi connectivity index (χ1v) is 6.62. The monoisotopic (exact) mass is 256 g/mol. The first-order chi connectivity index (χ1) is 8.12. The van der Waals surface area contributed by atoms with E-state index in [0.717, 1.165) is 17.8 Å². The van der Waals surface area contributed by atoms with Crippen LogP contribution in [0.25, 0.3) is 0 Å². The Labute approximate surface area is 106 Å². The molecule has 0 fully saturated rings. The number of nitrogens with zero attached hydrogens (tertiary/aromatic N) is 2. The number of nitrogens with two attached hydrogens (primary N) is 1. The maximum atomic E-state index is 8.67. The number of rotatable bonds is 6. The summed E-state index contributed by atoms with van der Waals surface area (Å²) in [7, 11) is 0. The first kappa shape index (κ1) is 13.9. The smallest absolute Gasteiger partial charge is 0.156 e. The minimum Gasteiger partial charge on any atom is -0.409 e. The molecule has 96 valence electrons. The molecular formula is C11H20N4OS. The highest BCUT2D eigenvalue weighted by molar-refractivity contribution is 7.11. The molecule has 6 heteroatoms. The molecular weight excluding hydrogens is 236 g/mol. The molecule has 0 aliphatic carbocycles. The number of amidine groups is 1. The molecule has 17 heavy (non-hydrogen) atoms. The minimum atomic E-state index is -0.121. The van der Waals surface area contributed by atoms with Crippen molar-refractivity contribution in [1.82, 2.24) is 10.3 Å². The van der Waals surface area contributed by atoms with Crippen molar-refractivity contribution in [2.45, 2.75) is 45.7 Å². The van der Waals surface area contributed by atoms with Crippen molar-refractivity contribution in [3.63, 3.8) is 0 Å². The average Bonchev–Trinajstić information content (AvgIpc) is 2.83. The van der Waals surface area contributed by atoms with Gasteiger partial charge in [0.15, 0.2) is 5.84 Å². The summed E-state index contributed by atoms with van der Waals surface area (Å²) < 4.78 is 0. The standard InChI is InChI=1S/C11H20N4OS/c1-4-8-6-13-11(17-8)7(3)14-9(5-2)10(12)15-16/h6-7,9,14,16H,4-5H2,1-3H3,(H2,12,15). The number of hydrogen-bond donors (Lipinski definition) is 3. The number of oxime groups is 1. The van der Waals surface area contributed by atoms with E-state index in [9.17, 15) is 0 Å². The molecule has 2 atom stereocenters. The number of aryl methyl sites for hydroxylation is 1. The van der Waals surface area contributed by atoms with Crippen LogP contribution in [0.1, 0.15) is 43.1 Å². The third-order valence-corrected chi connectivity index (χ3v) is 3.95. The second kappa shape index (κ2) is 6.56. The van der Waals surface area contributed by atoms with Gasteiger partial charge in [-0.1, -0.05) is 19.0 Å². The van der Waals surface area contributed by atoms with E-state index in [2.05, 4.69) is 22.4 Å². The molecule has 1 rings (SSSR count). The molecule has 0 saturated carbocycles. The molecule has 0 aromatic carbocycles. The van der Waals surface area contributed by atoms with Crippen molar-refractivity contribution in [1.29, 1.82) is 0 Å². The molecule has 1 aromatic heterocycles. The van der Waals surface area contributed by atoms with E-state index in [0.29, 0.717) is 0 Å². The van der Waals surface area contributed by atoms with Crippen LogP contribution in [0.15, 0.2) is 11.4 Å². The SMILES string of the molecule is CCc1cnc(C(C)NC(CC)/C(N)=N/O)s1. The van der Waals surface area contributed by atoms with Crippen molar-refractivity contribution in [2.75, 3.05) is 0 Å². The van der Waals surface area contributed by atoms with Gasteiger partial charge in [-0.25, -0.2) is 4.98 Å². The van der Waals surface area contributed by atoms with Gasteiger partial charge in [-0.05, 0) is 19.8 Å². The lowest BCUT2D eigenvalue weighted by atomic mass is 10.2. The number of thiazole rings is 1. The lowest BCUT2D eigenvalue weighted by Gasteiger charge is -2.19. The average molecular weight is 256 g/mol. The topological polar surface area (TPSA) is 83.5 Å². The summed E-state index contributed by atoms with van der Waals surface area (Å²) in [5.74, 6) is 0.214. The van der Waals surface area contributed by atoms with Crippen molar-refractivity contribution in [3.05, 3.63) is 16.1 Å². The van der Waals surface area contributed by atoms with Crippen LogP contribution in [-0.4, -0.2) is 22.1 Å². The zero-order chi connectivity index (χ0) is 12.8. The van der Waals surface area contributed by atoms with Crippen LogP contribution in [0.2, 0.25) is 0 Å². The summed E-state index contributed by atoms with van der Waals surface area (Å²) in [6, 6.07) is -0.0190.